The van der Waals surface area contributed by atoms with Gasteiger partial charge in [-0.3, -0.25) is 44.9 Å². The predicted octanol–water partition coefficient (Wildman–Crippen LogP) is 2.74. The van der Waals surface area contributed by atoms with Crippen molar-refractivity contribution in [3.63, 3.8) is 0 Å². The average Bonchev–Trinajstić information content (AvgIpc) is 3.11. The van der Waals surface area contributed by atoms with Gasteiger partial charge in [-0.1, -0.05) is 18.2 Å². The van der Waals surface area contributed by atoms with Crippen molar-refractivity contribution in [2.24, 2.45) is 15.0 Å². The summed E-state index contributed by atoms with van der Waals surface area (Å²) in [6, 6.07) is 25.4. The molecule has 46 heavy (non-hydrogen) atoms. The molecule has 0 N–H and O–H groups in total. The summed E-state index contributed by atoms with van der Waals surface area (Å²) < 4.78 is 0. The first-order valence-corrected chi connectivity index (χ1v) is 13.3. The number of rotatable bonds is 6. The molecule has 0 aliphatic heterocycles. The molecule has 6 heterocycles. The summed E-state index contributed by atoms with van der Waals surface area (Å²) >= 11 is 0. The van der Waals surface area contributed by atoms with Crippen LogP contribution in [-0.2, 0) is 16.8 Å². The Morgan fingerprint density at radius 3 is 0.848 bits per heavy atom. The van der Waals surface area contributed by atoms with E-state index in [1.165, 1.54) is 0 Å². The molecule has 6 rings (SSSR count). The van der Waals surface area contributed by atoms with Crippen LogP contribution in [0, 0.1) is 0 Å². The Balaban J connectivity index is 0.000000186. The van der Waals surface area contributed by atoms with Gasteiger partial charge >= 0.3 is 16.8 Å². The molecule has 0 saturated heterocycles. The number of aromatic nitrogens is 6. The first-order chi connectivity index (χ1) is 22.1. The second-order valence-corrected chi connectivity index (χ2v) is 8.51. The predicted molar refractivity (Wildman–Crippen MR) is 164 cm³/mol. The first kappa shape index (κ1) is 34.3. The molecule has 6 aromatic rings. The van der Waals surface area contributed by atoms with Crippen molar-refractivity contribution in [2.45, 2.75) is 0 Å². The van der Waals surface area contributed by atoms with Crippen molar-refractivity contribution >= 4 is 34.8 Å². The molecule has 0 amide bonds. The largest absolute Gasteiger partial charge is 3.00 e. The maximum atomic E-state index is 11.6. The summed E-state index contributed by atoms with van der Waals surface area (Å²) in [7, 11) is 0. The van der Waals surface area contributed by atoms with E-state index in [-0.39, 0.29) is 34.5 Å². The van der Waals surface area contributed by atoms with Gasteiger partial charge in [0.1, 0.15) is 0 Å². The monoisotopic (exact) mass is 653 g/mol. The van der Waals surface area contributed by atoms with Crippen LogP contribution in [0.3, 0.4) is 0 Å². The number of aliphatic imine (C=N–C) groups is 3. The Kier molecular flexibility index (Phi) is 14.3. The summed E-state index contributed by atoms with van der Waals surface area (Å²) in [5.74, 6) is -1.04. The number of hydrogen-bond donors (Lipinski definition) is 0. The maximum absolute atomic E-state index is 11.6. The molecule has 0 aromatic carbocycles. The minimum Gasteiger partial charge on any atom is -0.857 e. The van der Waals surface area contributed by atoms with Gasteiger partial charge in [0.15, 0.2) is 0 Å². The van der Waals surface area contributed by atoms with Crippen LogP contribution in [0.15, 0.2) is 162 Å². The van der Waals surface area contributed by atoms with E-state index in [2.05, 4.69) is 44.9 Å². The molecule has 13 heteroatoms. The third-order valence-corrected chi connectivity index (χ3v) is 5.33. The van der Waals surface area contributed by atoms with E-state index >= 15 is 0 Å². The number of hydrogen-bond acceptors (Lipinski definition) is 12. The fourth-order valence-corrected chi connectivity index (χ4v) is 3.25. The normalized spacial score (nSPS) is 11.1. The molecule has 0 fully saturated rings. The number of pyridine rings is 6. The molecular formula is C33H24CoN9O3. The Hall–Kier alpha value is -6.18. The molecule has 6 aromatic heterocycles. The van der Waals surface area contributed by atoms with Crippen LogP contribution in [0.4, 0.5) is 17.1 Å². The Bertz CT molecular complexity index is 1580. The summed E-state index contributed by atoms with van der Waals surface area (Å²) in [4.78, 5) is 34.9. The van der Waals surface area contributed by atoms with E-state index in [1.807, 2.05) is 0 Å². The summed E-state index contributed by atoms with van der Waals surface area (Å²) in [6.07, 6.45) is 14.2. The van der Waals surface area contributed by atoms with Crippen molar-refractivity contribution < 1.29 is 32.1 Å². The van der Waals surface area contributed by atoms with Crippen LogP contribution in [0.25, 0.3) is 0 Å². The fraction of sp³-hybridized carbons (Fsp3) is 0. The molecule has 0 aliphatic rings. The summed E-state index contributed by atoms with van der Waals surface area (Å²) in [6.45, 7) is 0. The average molecular weight is 654 g/mol. The van der Waals surface area contributed by atoms with E-state index in [0.717, 1.165) is 0 Å². The zero-order chi connectivity index (χ0) is 31.5. The molecule has 0 saturated carbocycles. The van der Waals surface area contributed by atoms with Crippen LogP contribution in [0.5, 0.6) is 0 Å². The molecule has 0 bridgehead atoms. The van der Waals surface area contributed by atoms with E-state index in [4.69, 9.17) is 0 Å². The third kappa shape index (κ3) is 11.8. The van der Waals surface area contributed by atoms with Crippen molar-refractivity contribution in [3.8, 4) is 0 Å². The minimum absolute atomic E-state index is 0. The Labute approximate surface area is 275 Å². The molecule has 0 atom stereocenters. The van der Waals surface area contributed by atoms with Crippen molar-refractivity contribution in [1.29, 1.82) is 0 Å². The first-order valence-electron chi connectivity index (χ1n) is 13.3. The molecule has 0 aliphatic carbocycles. The molecular weight excluding hydrogens is 629 g/mol. The maximum Gasteiger partial charge on any atom is 3.00 e. The Morgan fingerprint density at radius 2 is 0.630 bits per heavy atom. The topological polar surface area (TPSA) is 184 Å². The van der Waals surface area contributed by atoms with Crippen molar-refractivity contribution in [1.82, 2.24) is 29.9 Å². The molecule has 0 radical (unpaired) electrons. The molecule has 228 valence electrons. The van der Waals surface area contributed by atoms with Crippen LogP contribution in [0.1, 0.15) is 17.1 Å². The minimum atomic E-state index is -0.346. The van der Waals surface area contributed by atoms with Gasteiger partial charge in [-0.15, -0.1) is 0 Å². The quantitative estimate of drug-likeness (QED) is 0.193. The van der Waals surface area contributed by atoms with Gasteiger partial charge in [0.05, 0.1) is 34.1 Å². The number of nitrogens with zero attached hydrogens (tertiary/aromatic N) is 9. The van der Waals surface area contributed by atoms with Crippen LogP contribution in [-0.4, -0.2) is 47.6 Å². The van der Waals surface area contributed by atoms with E-state index in [0.29, 0.717) is 34.1 Å². The van der Waals surface area contributed by atoms with Gasteiger partial charge in [-0.25, -0.2) is 0 Å². The van der Waals surface area contributed by atoms with E-state index in [1.54, 1.807) is 147 Å². The van der Waals surface area contributed by atoms with E-state index < -0.39 is 0 Å². The van der Waals surface area contributed by atoms with Gasteiger partial charge < -0.3 is 15.3 Å². The van der Waals surface area contributed by atoms with E-state index in [9.17, 15) is 15.3 Å². The third-order valence-electron chi connectivity index (χ3n) is 5.33. The van der Waals surface area contributed by atoms with Gasteiger partial charge in [-0.2, -0.15) is 0 Å². The zero-order valence-corrected chi connectivity index (χ0v) is 25.0. The van der Waals surface area contributed by atoms with Crippen molar-refractivity contribution in [3.05, 3.63) is 164 Å². The molecule has 12 nitrogen and oxygen atoms in total. The van der Waals surface area contributed by atoms with Crippen molar-refractivity contribution in [2.75, 3.05) is 0 Å². The van der Waals surface area contributed by atoms with Gasteiger partial charge in [0.2, 0.25) is 0 Å². The van der Waals surface area contributed by atoms with Crippen LogP contribution in [0.2, 0.25) is 0 Å². The standard InChI is InChI=1S/3C11H9N3O.Co/c3*15-11(10-3-1-2-6-13-10)14-9-4-7-12-8-5-9;/h3*1-8H,(H,12,14,15);/q;;;+3/p-3. The van der Waals surface area contributed by atoms with Crippen LogP contribution >= 0.6 is 0 Å². The fourth-order valence-electron chi connectivity index (χ4n) is 3.25. The second kappa shape index (κ2) is 19.2. The summed E-state index contributed by atoms with van der Waals surface area (Å²) in [5, 5.41) is 34.7. The van der Waals surface area contributed by atoms with Gasteiger partial charge in [0.25, 0.3) is 0 Å². The summed E-state index contributed by atoms with van der Waals surface area (Å²) in [5.41, 5.74) is 2.78. The smallest absolute Gasteiger partial charge is 0.857 e. The second-order valence-electron chi connectivity index (χ2n) is 8.51. The van der Waals surface area contributed by atoms with Gasteiger partial charge in [0, 0.05) is 73.5 Å². The Morgan fingerprint density at radius 1 is 0.370 bits per heavy atom. The zero-order valence-electron chi connectivity index (χ0n) is 23.9. The van der Waals surface area contributed by atoms with Crippen LogP contribution < -0.4 is 15.3 Å². The SMILES string of the molecule is [Co+3].[O-]C(=Nc1ccncc1)c1ccccn1.[O-]C(=Nc1ccncc1)c1ccccn1.[O-]C(=Nc1ccncc1)c1ccccn1. The van der Waals surface area contributed by atoms with Gasteiger partial charge in [-0.05, 0) is 72.8 Å². The molecule has 0 unspecified atom stereocenters. The molecule has 0 spiro atoms.